The molecule has 20 heavy (non-hydrogen) atoms. The Bertz CT molecular complexity index is 424. The summed E-state index contributed by atoms with van der Waals surface area (Å²) in [6.07, 6.45) is 0.756. The molecule has 0 aromatic heterocycles. The van der Waals surface area contributed by atoms with E-state index in [0.29, 0.717) is 6.42 Å². The van der Waals surface area contributed by atoms with Crippen LogP contribution in [0, 0.1) is 11.7 Å². The Morgan fingerprint density at radius 2 is 1.55 bits per heavy atom. The lowest BCUT2D eigenvalue weighted by atomic mass is 9.99. The first-order valence-corrected chi connectivity index (χ1v) is 6.66. The Balaban J connectivity index is 2.66. The molecule has 0 amide bonds. The normalized spacial score (nSPS) is 10.4. The molecular formula is C15H19FO4. The van der Waals surface area contributed by atoms with E-state index in [0.717, 1.165) is 5.56 Å². The van der Waals surface area contributed by atoms with E-state index >= 15 is 0 Å². The number of ether oxygens (including phenoxy) is 2. The molecule has 0 aliphatic rings. The van der Waals surface area contributed by atoms with Crippen LogP contribution < -0.4 is 0 Å². The number of hydrogen-bond donors (Lipinski definition) is 0. The van der Waals surface area contributed by atoms with Gasteiger partial charge in [0.2, 0.25) is 0 Å². The van der Waals surface area contributed by atoms with E-state index in [2.05, 4.69) is 0 Å². The number of esters is 2. The highest BCUT2D eigenvalue weighted by Crippen LogP contribution is 2.14. The summed E-state index contributed by atoms with van der Waals surface area (Å²) < 4.78 is 22.6. The predicted octanol–water partition coefficient (Wildman–Crippen LogP) is 2.50. The largest absolute Gasteiger partial charge is 0.465 e. The average molecular weight is 282 g/mol. The highest BCUT2D eigenvalue weighted by Gasteiger charge is 2.28. The molecule has 0 radical (unpaired) electrons. The van der Waals surface area contributed by atoms with E-state index < -0.39 is 17.9 Å². The molecule has 4 nitrogen and oxygen atoms in total. The minimum absolute atomic E-state index is 0.214. The number of aryl methyl sites for hydroxylation is 1. The van der Waals surface area contributed by atoms with Gasteiger partial charge in [0.15, 0.2) is 5.92 Å². The molecule has 1 aromatic carbocycles. The van der Waals surface area contributed by atoms with E-state index in [4.69, 9.17) is 9.47 Å². The Labute approximate surface area is 117 Å². The molecule has 0 atom stereocenters. The third-order valence-electron chi connectivity index (χ3n) is 2.78. The molecule has 0 bridgehead atoms. The van der Waals surface area contributed by atoms with Crippen molar-refractivity contribution >= 4 is 11.9 Å². The van der Waals surface area contributed by atoms with Crippen LogP contribution in [0.4, 0.5) is 4.39 Å². The van der Waals surface area contributed by atoms with Crippen LogP contribution in [0.5, 0.6) is 0 Å². The van der Waals surface area contributed by atoms with Crippen molar-refractivity contribution in [1.29, 1.82) is 0 Å². The minimum Gasteiger partial charge on any atom is -0.465 e. The lowest BCUT2D eigenvalue weighted by Crippen LogP contribution is -2.28. The van der Waals surface area contributed by atoms with E-state index in [1.807, 2.05) is 0 Å². The summed E-state index contributed by atoms with van der Waals surface area (Å²) in [4.78, 5) is 23.5. The summed E-state index contributed by atoms with van der Waals surface area (Å²) in [5.74, 6) is -2.40. The molecule has 0 fully saturated rings. The molecule has 5 heteroatoms. The second-order valence-electron chi connectivity index (χ2n) is 4.22. The van der Waals surface area contributed by atoms with Crippen LogP contribution in [0.25, 0.3) is 0 Å². The van der Waals surface area contributed by atoms with Crippen LogP contribution in [0.15, 0.2) is 24.3 Å². The summed E-state index contributed by atoms with van der Waals surface area (Å²) in [7, 11) is 0. The molecule has 0 unspecified atom stereocenters. The van der Waals surface area contributed by atoms with E-state index in [-0.39, 0.29) is 25.5 Å². The maximum atomic E-state index is 12.8. The standard InChI is InChI=1S/C15H19FO4/c1-3-19-14(17)13(15(18)20-4-2)10-7-11-5-8-12(16)9-6-11/h5-6,8-9,13H,3-4,7,10H2,1-2H3. The maximum Gasteiger partial charge on any atom is 0.320 e. The van der Waals surface area contributed by atoms with Gasteiger partial charge < -0.3 is 9.47 Å². The first kappa shape index (κ1) is 16.1. The highest BCUT2D eigenvalue weighted by molar-refractivity contribution is 5.94. The lowest BCUT2D eigenvalue weighted by Gasteiger charge is -2.14. The van der Waals surface area contributed by atoms with Crippen molar-refractivity contribution in [3.8, 4) is 0 Å². The van der Waals surface area contributed by atoms with Crippen molar-refractivity contribution < 1.29 is 23.5 Å². The molecule has 0 aliphatic heterocycles. The van der Waals surface area contributed by atoms with Gasteiger partial charge in [0.1, 0.15) is 5.82 Å². The molecule has 1 aromatic rings. The van der Waals surface area contributed by atoms with Gasteiger partial charge in [0.05, 0.1) is 13.2 Å². The van der Waals surface area contributed by atoms with Crippen molar-refractivity contribution in [3.63, 3.8) is 0 Å². The molecule has 0 heterocycles. The maximum absolute atomic E-state index is 12.8. The summed E-state index contributed by atoms with van der Waals surface area (Å²) in [6.45, 7) is 3.79. The Morgan fingerprint density at radius 3 is 2.00 bits per heavy atom. The van der Waals surface area contributed by atoms with Crippen LogP contribution in [0.2, 0.25) is 0 Å². The van der Waals surface area contributed by atoms with Crippen LogP contribution in [0.3, 0.4) is 0 Å². The Kier molecular flexibility index (Phi) is 6.70. The fraction of sp³-hybridized carbons (Fsp3) is 0.467. The van der Waals surface area contributed by atoms with Crippen LogP contribution in [-0.4, -0.2) is 25.2 Å². The van der Waals surface area contributed by atoms with Gasteiger partial charge in [0, 0.05) is 0 Å². The molecule has 0 N–H and O–H groups in total. The Hall–Kier alpha value is -1.91. The summed E-state index contributed by atoms with van der Waals surface area (Å²) >= 11 is 0. The van der Waals surface area contributed by atoms with Gasteiger partial charge in [-0.25, -0.2) is 4.39 Å². The van der Waals surface area contributed by atoms with E-state index in [1.165, 1.54) is 12.1 Å². The summed E-state index contributed by atoms with van der Waals surface area (Å²) in [5, 5.41) is 0. The monoisotopic (exact) mass is 282 g/mol. The summed E-state index contributed by atoms with van der Waals surface area (Å²) in [5.41, 5.74) is 0.852. The number of rotatable bonds is 7. The van der Waals surface area contributed by atoms with E-state index in [9.17, 15) is 14.0 Å². The average Bonchev–Trinajstić information content (AvgIpc) is 2.42. The fourth-order valence-corrected chi connectivity index (χ4v) is 1.78. The minimum atomic E-state index is -0.931. The predicted molar refractivity (Wildman–Crippen MR) is 71.5 cm³/mol. The quantitative estimate of drug-likeness (QED) is 0.569. The van der Waals surface area contributed by atoms with E-state index in [1.54, 1.807) is 26.0 Å². The molecule has 0 spiro atoms. The zero-order valence-corrected chi connectivity index (χ0v) is 11.7. The zero-order chi connectivity index (χ0) is 15.0. The van der Waals surface area contributed by atoms with Gasteiger partial charge in [-0.1, -0.05) is 12.1 Å². The topological polar surface area (TPSA) is 52.6 Å². The molecular weight excluding hydrogens is 263 g/mol. The molecule has 0 aliphatic carbocycles. The van der Waals surface area contributed by atoms with Crippen molar-refractivity contribution in [2.45, 2.75) is 26.7 Å². The SMILES string of the molecule is CCOC(=O)C(CCc1ccc(F)cc1)C(=O)OCC. The molecule has 1 rings (SSSR count). The molecule has 0 saturated heterocycles. The smallest absolute Gasteiger partial charge is 0.320 e. The lowest BCUT2D eigenvalue weighted by molar-refractivity contribution is -0.161. The zero-order valence-electron chi connectivity index (χ0n) is 11.7. The summed E-state index contributed by atoms with van der Waals surface area (Å²) in [6, 6.07) is 5.95. The number of hydrogen-bond acceptors (Lipinski definition) is 4. The van der Waals surface area contributed by atoms with Crippen molar-refractivity contribution in [2.75, 3.05) is 13.2 Å². The van der Waals surface area contributed by atoms with Gasteiger partial charge in [-0.2, -0.15) is 0 Å². The third-order valence-corrected chi connectivity index (χ3v) is 2.78. The number of benzene rings is 1. The number of halogens is 1. The number of carbonyl (C=O) groups excluding carboxylic acids is 2. The fourth-order valence-electron chi connectivity index (χ4n) is 1.78. The molecule has 110 valence electrons. The van der Waals surface area contributed by atoms with Gasteiger partial charge in [0.25, 0.3) is 0 Å². The van der Waals surface area contributed by atoms with Gasteiger partial charge in [-0.15, -0.1) is 0 Å². The first-order valence-electron chi connectivity index (χ1n) is 6.66. The second kappa shape index (κ2) is 8.30. The van der Waals surface area contributed by atoms with Crippen molar-refractivity contribution in [3.05, 3.63) is 35.6 Å². The van der Waals surface area contributed by atoms with Crippen LogP contribution in [0.1, 0.15) is 25.8 Å². The van der Waals surface area contributed by atoms with Crippen LogP contribution >= 0.6 is 0 Å². The van der Waals surface area contributed by atoms with Gasteiger partial charge in [-0.05, 0) is 44.4 Å². The van der Waals surface area contributed by atoms with Crippen molar-refractivity contribution in [1.82, 2.24) is 0 Å². The second-order valence-corrected chi connectivity index (χ2v) is 4.22. The first-order chi connectivity index (χ1) is 9.58. The third kappa shape index (κ3) is 4.99. The van der Waals surface area contributed by atoms with Crippen LogP contribution in [-0.2, 0) is 25.5 Å². The van der Waals surface area contributed by atoms with Crippen molar-refractivity contribution in [2.24, 2.45) is 5.92 Å². The number of carbonyl (C=O) groups is 2. The Morgan fingerprint density at radius 1 is 1.05 bits per heavy atom. The van der Waals surface area contributed by atoms with Gasteiger partial charge >= 0.3 is 11.9 Å². The van der Waals surface area contributed by atoms with Gasteiger partial charge in [-0.3, -0.25) is 9.59 Å². The highest BCUT2D eigenvalue weighted by atomic mass is 19.1. The molecule has 0 saturated carbocycles.